The van der Waals surface area contributed by atoms with Crippen molar-refractivity contribution >= 4 is 6.03 Å². The van der Waals surface area contributed by atoms with Gasteiger partial charge in [-0.25, -0.2) is 4.79 Å². The summed E-state index contributed by atoms with van der Waals surface area (Å²) in [7, 11) is 0. The van der Waals surface area contributed by atoms with Crippen molar-refractivity contribution in [2.45, 2.75) is 65.0 Å². The van der Waals surface area contributed by atoms with Gasteiger partial charge in [0.2, 0.25) is 0 Å². The molecule has 4 nitrogen and oxygen atoms in total. The normalized spacial score (nSPS) is 23.7. The van der Waals surface area contributed by atoms with Gasteiger partial charge in [0.05, 0.1) is 0 Å². The van der Waals surface area contributed by atoms with E-state index in [9.17, 15) is 4.79 Å². The number of hydrogen-bond acceptors (Lipinski definition) is 2. The van der Waals surface area contributed by atoms with Crippen LogP contribution in [0.25, 0.3) is 0 Å². The van der Waals surface area contributed by atoms with Gasteiger partial charge >= 0.3 is 6.03 Å². The number of nitrogens with zero attached hydrogens (tertiary/aromatic N) is 1. The summed E-state index contributed by atoms with van der Waals surface area (Å²) in [4.78, 5) is 13.8. The van der Waals surface area contributed by atoms with Crippen molar-refractivity contribution in [1.82, 2.24) is 15.5 Å². The van der Waals surface area contributed by atoms with Gasteiger partial charge in [-0.05, 0) is 52.5 Å². The molecule has 1 rings (SSSR count). The van der Waals surface area contributed by atoms with Gasteiger partial charge in [0.1, 0.15) is 0 Å². The van der Waals surface area contributed by atoms with Gasteiger partial charge in [0.15, 0.2) is 0 Å². The lowest BCUT2D eigenvalue weighted by atomic mass is 9.91. The van der Waals surface area contributed by atoms with Gasteiger partial charge in [0, 0.05) is 25.2 Å². The van der Waals surface area contributed by atoms with Crippen LogP contribution in [0.5, 0.6) is 0 Å². The van der Waals surface area contributed by atoms with Gasteiger partial charge in [-0.2, -0.15) is 0 Å². The third-order valence-electron chi connectivity index (χ3n) is 3.79. The molecule has 0 heterocycles. The van der Waals surface area contributed by atoms with E-state index in [0.717, 1.165) is 32.5 Å². The van der Waals surface area contributed by atoms with Crippen molar-refractivity contribution in [2.24, 2.45) is 0 Å². The summed E-state index contributed by atoms with van der Waals surface area (Å²) in [6, 6.07) is 1.13. The summed E-state index contributed by atoms with van der Waals surface area (Å²) < 4.78 is 0. The Bertz CT molecular complexity index is 233. The van der Waals surface area contributed by atoms with E-state index >= 15 is 0 Å². The van der Waals surface area contributed by atoms with E-state index in [2.05, 4.69) is 17.6 Å². The quantitative estimate of drug-likeness (QED) is 0.765. The van der Waals surface area contributed by atoms with Crippen LogP contribution in [0.1, 0.15) is 52.9 Å². The number of urea groups is 1. The van der Waals surface area contributed by atoms with Crippen molar-refractivity contribution in [3.8, 4) is 0 Å². The lowest BCUT2D eigenvalue weighted by Crippen LogP contribution is -2.47. The van der Waals surface area contributed by atoms with Gasteiger partial charge in [-0.15, -0.1) is 0 Å². The first-order valence-corrected chi connectivity index (χ1v) is 7.50. The molecule has 2 amide bonds. The SMILES string of the molecule is CCCNC1CCC(NC(=O)N(CC)CC)CC1. The largest absolute Gasteiger partial charge is 0.335 e. The Balaban J connectivity index is 2.24. The third-order valence-corrected chi connectivity index (χ3v) is 3.79. The second-order valence-corrected chi connectivity index (χ2v) is 5.12. The summed E-state index contributed by atoms with van der Waals surface area (Å²) >= 11 is 0. The van der Waals surface area contributed by atoms with E-state index in [1.54, 1.807) is 0 Å². The van der Waals surface area contributed by atoms with Gasteiger partial charge in [0.25, 0.3) is 0 Å². The molecule has 18 heavy (non-hydrogen) atoms. The predicted molar refractivity (Wildman–Crippen MR) is 75.8 cm³/mol. The maximum absolute atomic E-state index is 11.9. The van der Waals surface area contributed by atoms with Gasteiger partial charge < -0.3 is 15.5 Å². The Hall–Kier alpha value is -0.770. The second kappa shape index (κ2) is 8.35. The molecular weight excluding hydrogens is 226 g/mol. The minimum atomic E-state index is 0.102. The van der Waals surface area contributed by atoms with Crippen molar-refractivity contribution < 1.29 is 4.79 Å². The van der Waals surface area contributed by atoms with E-state index in [0.29, 0.717) is 12.1 Å². The fraction of sp³-hybridized carbons (Fsp3) is 0.929. The average Bonchev–Trinajstić information content (AvgIpc) is 2.39. The fourth-order valence-electron chi connectivity index (χ4n) is 2.57. The van der Waals surface area contributed by atoms with E-state index in [1.165, 1.54) is 19.3 Å². The summed E-state index contributed by atoms with van der Waals surface area (Å²) in [5.41, 5.74) is 0. The highest BCUT2D eigenvalue weighted by atomic mass is 16.2. The highest BCUT2D eigenvalue weighted by molar-refractivity contribution is 5.74. The zero-order valence-corrected chi connectivity index (χ0v) is 12.2. The highest BCUT2D eigenvalue weighted by Crippen LogP contribution is 2.18. The van der Waals surface area contributed by atoms with Crippen molar-refractivity contribution in [2.75, 3.05) is 19.6 Å². The number of hydrogen-bond donors (Lipinski definition) is 2. The third kappa shape index (κ3) is 4.84. The van der Waals surface area contributed by atoms with E-state index < -0.39 is 0 Å². The number of carbonyl (C=O) groups excluding carboxylic acids is 1. The fourth-order valence-corrected chi connectivity index (χ4v) is 2.57. The van der Waals surface area contributed by atoms with Gasteiger partial charge in [-0.1, -0.05) is 6.92 Å². The van der Waals surface area contributed by atoms with Crippen LogP contribution in [-0.2, 0) is 0 Å². The Morgan fingerprint density at radius 1 is 1.06 bits per heavy atom. The molecule has 0 unspecified atom stereocenters. The number of rotatable bonds is 6. The van der Waals surface area contributed by atoms with Gasteiger partial charge in [-0.3, -0.25) is 0 Å². The van der Waals surface area contributed by atoms with E-state index in [4.69, 9.17) is 0 Å². The van der Waals surface area contributed by atoms with E-state index in [-0.39, 0.29) is 6.03 Å². The maximum Gasteiger partial charge on any atom is 0.317 e. The smallest absolute Gasteiger partial charge is 0.317 e. The zero-order chi connectivity index (χ0) is 13.4. The van der Waals surface area contributed by atoms with Crippen molar-refractivity contribution in [3.05, 3.63) is 0 Å². The number of nitrogens with one attached hydrogen (secondary N) is 2. The topological polar surface area (TPSA) is 44.4 Å². The van der Waals surface area contributed by atoms with Crippen LogP contribution < -0.4 is 10.6 Å². The van der Waals surface area contributed by atoms with Crippen LogP contribution in [0.3, 0.4) is 0 Å². The summed E-state index contributed by atoms with van der Waals surface area (Å²) in [6.45, 7) is 8.93. The average molecular weight is 255 g/mol. The molecule has 0 radical (unpaired) electrons. The minimum absolute atomic E-state index is 0.102. The second-order valence-electron chi connectivity index (χ2n) is 5.12. The first-order chi connectivity index (χ1) is 8.71. The molecule has 2 N–H and O–H groups in total. The molecule has 1 aliphatic carbocycles. The lowest BCUT2D eigenvalue weighted by Gasteiger charge is -2.31. The summed E-state index contributed by atoms with van der Waals surface area (Å²) in [5, 5.41) is 6.72. The molecule has 0 aromatic carbocycles. The Morgan fingerprint density at radius 2 is 1.61 bits per heavy atom. The molecular formula is C14H29N3O. The molecule has 0 aliphatic heterocycles. The van der Waals surface area contributed by atoms with Crippen LogP contribution >= 0.6 is 0 Å². The molecule has 0 atom stereocenters. The Morgan fingerprint density at radius 3 is 2.11 bits per heavy atom. The molecule has 0 aromatic rings. The van der Waals surface area contributed by atoms with Crippen LogP contribution in [0, 0.1) is 0 Å². The Kier molecular flexibility index (Phi) is 7.09. The number of carbonyl (C=O) groups is 1. The summed E-state index contributed by atoms with van der Waals surface area (Å²) in [5.74, 6) is 0. The molecule has 0 spiro atoms. The molecule has 106 valence electrons. The van der Waals surface area contributed by atoms with Crippen LogP contribution in [0.15, 0.2) is 0 Å². The minimum Gasteiger partial charge on any atom is -0.335 e. The molecule has 1 fully saturated rings. The standard InChI is InChI=1S/C14H29N3O/c1-4-11-15-12-7-9-13(10-8-12)16-14(18)17(5-2)6-3/h12-13,15H,4-11H2,1-3H3,(H,16,18). The van der Waals surface area contributed by atoms with Crippen LogP contribution in [0.2, 0.25) is 0 Å². The summed E-state index contributed by atoms with van der Waals surface area (Å²) in [6.07, 6.45) is 5.77. The van der Waals surface area contributed by atoms with Crippen LogP contribution in [-0.4, -0.2) is 42.6 Å². The highest BCUT2D eigenvalue weighted by Gasteiger charge is 2.22. The lowest BCUT2D eigenvalue weighted by molar-refractivity contribution is 0.193. The van der Waals surface area contributed by atoms with Crippen molar-refractivity contribution in [3.63, 3.8) is 0 Å². The zero-order valence-electron chi connectivity index (χ0n) is 12.2. The molecule has 1 saturated carbocycles. The maximum atomic E-state index is 11.9. The molecule has 0 bridgehead atoms. The first-order valence-electron chi connectivity index (χ1n) is 7.50. The molecule has 4 heteroatoms. The molecule has 1 aliphatic rings. The first kappa shape index (κ1) is 15.3. The van der Waals surface area contributed by atoms with Crippen LogP contribution in [0.4, 0.5) is 4.79 Å². The molecule has 0 saturated heterocycles. The van der Waals surface area contributed by atoms with E-state index in [1.807, 2.05) is 18.7 Å². The molecule has 0 aromatic heterocycles. The van der Waals surface area contributed by atoms with Crippen molar-refractivity contribution in [1.29, 1.82) is 0 Å². The number of amides is 2. The Labute approximate surface area is 111 Å². The predicted octanol–water partition coefficient (Wildman–Crippen LogP) is 2.35. The monoisotopic (exact) mass is 255 g/mol.